The van der Waals surface area contributed by atoms with Crippen LogP contribution in [0, 0.1) is 11.8 Å². The molecule has 18 heavy (non-hydrogen) atoms. The lowest BCUT2D eigenvalue weighted by Gasteiger charge is -2.07. The number of amides is 1. The van der Waals surface area contributed by atoms with Gasteiger partial charge in [-0.3, -0.25) is 4.79 Å². The van der Waals surface area contributed by atoms with Gasteiger partial charge in [-0.05, 0) is 19.1 Å². The molecule has 0 saturated heterocycles. The zero-order chi connectivity index (χ0) is 13.2. The molecule has 0 heterocycles. The van der Waals surface area contributed by atoms with Gasteiger partial charge < -0.3 is 15.2 Å². The highest BCUT2D eigenvalue weighted by Crippen LogP contribution is 2.13. The Bertz CT molecular complexity index is 446. The minimum absolute atomic E-state index is 0.110. The quantitative estimate of drug-likeness (QED) is 0.610. The van der Waals surface area contributed by atoms with E-state index in [1.54, 1.807) is 12.1 Å². The lowest BCUT2D eigenvalue weighted by Crippen LogP contribution is -2.14. The summed E-state index contributed by atoms with van der Waals surface area (Å²) < 4.78 is 5.12. The number of aliphatic hydroxyl groups excluding tert-OH is 1. The van der Waals surface area contributed by atoms with E-state index in [1.165, 1.54) is 0 Å². The molecule has 0 aliphatic rings. The van der Waals surface area contributed by atoms with Crippen molar-refractivity contribution in [1.29, 1.82) is 0 Å². The number of aliphatic hydroxyl groups is 1. The molecule has 0 atom stereocenters. The molecule has 96 valence electrons. The summed E-state index contributed by atoms with van der Waals surface area (Å²) >= 11 is 0. The first-order chi connectivity index (χ1) is 8.77. The van der Waals surface area contributed by atoms with Crippen molar-refractivity contribution in [3.8, 4) is 11.8 Å². The van der Waals surface area contributed by atoms with E-state index >= 15 is 0 Å². The summed E-state index contributed by atoms with van der Waals surface area (Å²) in [6.07, 6.45) is 0.315. The van der Waals surface area contributed by atoms with Gasteiger partial charge in [0.25, 0.3) is 0 Å². The molecule has 0 aromatic heterocycles. The lowest BCUT2D eigenvalue weighted by molar-refractivity contribution is -0.117. The van der Waals surface area contributed by atoms with E-state index in [1.807, 2.05) is 19.1 Å². The molecule has 1 rings (SSSR count). The third-order valence-corrected chi connectivity index (χ3v) is 2.18. The van der Waals surface area contributed by atoms with E-state index in [4.69, 9.17) is 9.84 Å². The highest BCUT2D eigenvalue weighted by Gasteiger charge is 2.04. The molecule has 1 aromatic carbocycles. The van der Waals surface area contributed by atoms with Crippen molar-refractivity contribution in [2.75, 3.05) is 25.1 Å². The summed E-state index contributed by atoms with van der Waals surface area (Å²) in [6.45, 7) is 2.70. The van der Waals surface area contributed by atoms with Crippen LogP contribution in [0.15, 0.2) is 24.3 Å². The minimum Gasteiger partial charge on any atom is -0.384 e. The van der Waals surface area contributed by atoms with E-state index in [0.717, 1.165) is 0 Å². The first kappa shape index (κ1) is 14.2. The Morgan fingerprint density at radius 1 is 1.44 bits per heavy atom. The number of carbonyl (C=O) groups excluding carboxylic acids is 1. The Labute approximate surface area is 107 Å². The van der Waals surface area contributed by atoms with Crippen LogP contribution in [0.4, 0.5) is 5.69 Å². The van der Waals surface area contributed by atoms with Crippen LogP contribution in [-0.2, 0) is 9.53 Å². The van der Waals surface area contributed by atoms with Gasteiger partial charge in [-0.1, -0.05) is 24.0 Å². The second-order valence-corrected chi connectivity index (χ2v) is 3.50. The number of nitrogens with one attached hydrogen (secondary N) is 1. The van der Waals surface area contributed by atoms with E-state index in [0.29, 0.717) is 30.9 Å². The summed E-state index contributed by atoms with van der Waals surface area (Å²) in [4.78, 5) is 11.6. The minimum atomic E-state index is -0.202. The van der Waals surface area contributed by atoms with Crippen LogP contribution in [0.3, 0.4) is 0 Å². The molecule has 4 heteroatoms. The SMILES string of the molecule is CCOCCC(=O)Nc1ccccc1C#CCO. The number of anilines is 1. The maximum atomic E-state index is 11.6. The van der Waals surface area contributed by atoms with Gasteiger partial charge in [0.15, 0.2) is 0 Å². The summed E-state index contributed by atoms with van der Waals surface area (Å²) in [5.41, 5.74) is 1.34. The van der Waals surface area contributed by atoms with Gasteiger partial charge in [0.1, 0.15) is 6.61 Å². The van der Waals surface area contributed by atoms with Crippen LogP contribution in [0.2, 0.25) is 0 Å². The zero-order valence-electron chi connectivity index (χ0n) is 10.4. The number of carbonyl (C=O) groups is 1. The van der Waals surface area contributed by atoms with Crippen LogP contribution in [0.25, 0.3) is 0 Å². The van der Waals surface area contributed by atoms with Gasteiger partial charge in [0.05, 0.1) is 18.7 Å². The van der Waals surface area contributed by atoms with Gasteiger partial charge in [-0.25, -0.2) is 0 Å². The Balaban J connectivity index is 2.63. The Hall–Kier alpha value is -1.83. The van der Waals surface area contributed by atoms with Gasteiger partial charge in [-0.2, -0.15) is 0 Å². The van der Waals surface area contributed by atoms with Crippen LogP contribution >= 0.6 is 0 Å². The fourth-order valence-corrected chi connectivity index (χ4v) is 1.36. The molecule has 0 aliphatic heterocycles. The van der Waals surface area contributed by atoms with Crippen molar-refractivity contribution < 1.29 is 14.6 Å². The fraction of sp³-hybridized carbons (Fsp3) is 0.357. The molecule has 1 amide bonds. The van der Waals surface area contributed by atoms with Crippen molar-refractivity contribution in [2.24, 2.45) is 0 Å². The molecule has 0 bridgehead atoms. The molecule has 0 spiro atoms. The molecule has 0 aliphatic carbocycles. The Kier molecular flexibility index (Phi) is 6.55. The summed E-state index contributed by atoms with van der Waals surface area (Å²) in [7, 11) is 0. The van der Waals surface area contributed by atoms with Crippen molar-refractivity contribution in [3.63, 3.8) is 0 Å². The molecular formula is C14H17NO3. The zero-order valence-corrected chi connectivity index (χ0v) is 10.4. The molecule has 0 fully saturated rings. The second-order valence-electron chi connectivity index (χ2n) is 3.50. The van der Waals surface area contributed by atoms with E-state index in [-0.39, 0.29) is 12.5 Å². The van der Waals surface area contributed by atoms with Crippen LogP contribution in [0.5, 0.6) is 0 Å². The summed E-state index contributed by atoms with van der Waals surface area (Å²) in [6, 6.07) is 7.22. The highest BCUT2D eigenvalue weighted by molar-refractivity contribution is 5.92. The van der Waals surface area contributed by atoms with Crippen molar-refractivity contribution >= 4 is 11.6 Å². The molecule has 4 nitrogen and oxygen atoms in total. The highest BCUT2D eigenvalue weighted by atomic mass is 16.5. The molecule has 0 saturated carbocycles. The fourth-order valence-electron chi connectivity index (χ4n) is 1.36. The van der Waals surface area contributed by atoms with Gasteiger partial charge in [0, 0.05) is 12.2 Å². The number of benzene rings is 1. The summed E-state index contributed by atoms with van der Waals surface area (Å²) in [5.74, 6) is 5.24. The molecule has 2 N–H and O–H groups in total. The van der Waals surface area contributed by atoms with E-state index in [2.05, 4.69) is 17.2 Å². The summed E-state index contributed by atoms with van der Waals surface area (Å²) in [5, 5.41) is 11.4. The lowest BCUT2D eigenvalue weighted by atomic mass is 10.2. The molecule has 0 radical (unpaired) electrons. The van der Waals surface area contributed by atoms with Crippen LogP contribution in [-0.4, -0.2) is 30.8 Å². The molecule has 1 aromatic rings. The van der Waals surface area contributed by atoms with E-state index in [9.17, 15) is 4.79 Å². The maximum absolute atomic E-state index is 11.6. The number of para-hydroxylation sites is 1. The van der Waals surface area contributed by atoms with E-state index < -0.39 is 0 Å². The number of ether oxygens (including phenoxy) is 1. The molecular weight excluding hydrogens is 230 g/mol. The van der Waals surface area contributed by atoms with Gasteiger partial charge in [-0.15, -0.1) is 0 Å². The first-order valence-corrected chi connectivity index (χ1v) is 5.84. The first-order valence-electron chi connectivity index (χ1n) is 5.84. The predicted octanol–water partition coefficient (Wildman–Crippen LogP) is 1.40. The smallest absolute Gasteiger partial charge is 0.226 e. The van der Waals surface area contributed by atoms with Gasteiger partial charge >= 0.3 is 0 Å². The van der Waals surface area contributed by atoms with Crippen molar-refractivity contribution in [1.82, 2.24) is 0 Å². The van der Waals surface area contributed by atoms with Gasteiger partial charge in [0.2, 0.25) is 5.91 Å². The standard InChI is InChI=1S/C14H17NO3/c1-2-18-11-9-14(17)15-13-8-4-3-6-12(13)7-5-10-16/h3-4,6,8,16H,2,9-11H2,1H3,(H,15,17). The third-order valence-electron chi connectivity index (χ3n) is 2.18. The number of rotatable bonds is 5. The number of hydrogen-bond donors (Lipinski definition) is 2. The average Bonchev–Trinajstić information content (AvgIpc) is 2.38. The Morgan fingerprint density at radius 2 is 2.22 bits per heavy atom. The topological polar surface area (TPSA) is 58.6 Å². The number of hydrogen-bond acceptors (Lipinski definition) is 3. The van der Waals surface area contributed by atoms with Crippen molar-refractivity contribution in [2.45, 2.75) is 13.3 Å². The molecule has 0 unspecified atom stereocenters. The third kappa shape index (κ3) is 5.00. The average molecular weight is 247 g/mol. The normalized spacial score (nSPS) is 9.44. The predicted molar refractivity (Wildman–Crippen MR) is 70.1 cm³/mol. The van der Waals surface area contributed by atoms with Crippen LogP contribution < -0.4 is 5.32 Å². The Morgan fingerprint density at radius 3 is 2.94 bits per heavy atom. The largest absolute Gasteiger partial charge is 0.384 e. The second kappa shape index (κ2) is 8.29. The van der Waals surface area contributed by atoms with Crippen LogP contribution in [0.1, 0.15) is 18.9 Å². The van der Waals surface area contributed by atoms with Crippen molar-refractivity contribution in [3.05, 3.63) is 29.8 Å². The maximum Gasteiger partial charge on any atom is 0.226 e. The monoisotopic (exact) mass is 247 g/mol.